The Hall–Kier alpha value is -7.22. The molecule has 6 atom stereocenters. The maximum Gasteiger partial charge on any atom is 0.416 e. The molecule has 9 heterocycles. The van der Waals surface area contributed by atoms with Crippen LogP contribution in [0.2, 0.25) is 10.0 Å². The van der Waals surface area contributed by atoms with Crippen LogP contribution in [0.3, 0.4) is 0 Å². The zero-order valence-electron chi connectivity index (χ0n) is 41.6. The fourth-order valence-electron chi connectivity index (χ4n) is 10.6. The Bertz CT molecular complexity index is 3300. The standard InChI is InChI=1S/C53H48Cl2F6N10O8/c1-51(19-35-16-36-23-69(35)42-18-40(55)46(29-5-3-7-31(15-29)53(59,60)61)67-48(42)71(36)50(75)65-33-8-10-43(62-20-33)76-25-37(73)24-72)78-27-38(79-51)26-77-44-11-9-32(21-63-44)64-49(74)70-34-12-13-68(22-34)41-17-39(54)45(66-47(41)70)28-4-2-6-30(14-28)52(56,57)58/h2-11,14-15,17-18,20-21,34-38,72-73H,12-13,16,19,22-27H2,1H3,(H,64,74)(H,65,75)/t34-,35?,36-,37-,38+,51?/m0/s1. The normalized spacial score (nSPS) is 21.7. The Balaban J connectivity index is 0.752. The second-order valence-corrected chi connectivity index (χ2v) is 20.6. The average molecular weight is 1140 g/mol. The predicted octanol–water partition coefficient (Wildman–Crippen LogP) is 9.91. The monoisotopic (exact) mass is 1140 g/mol. The number of hydrogen-bond acceptors (Lipinski definition) is 14. The van der Waals surface area contributed by atoms with E-state index in [1.165, 1.54) is 58.6 Å². The van der Waals surface area contributed by atoms with Crippen molar-refractivity contribution in [2.75, 3.05) is 76.3 Å². The fourth-order valence-corrected chi connectivity index (χ4v) is 11.1. The molecule has 4 bridgehead atoms. The number of alkyl halides is 6. The lowest BCUT2D eigenvalue weighted by Crippen LogP contribution is -2.48. The summed E-state index contributed by atoms with van der Waals surface area (Å²) in [7, 11) is 0. The Kier molecular flexibility index (Phi) is 14.4. The van der Waals surface area contributed by atoms with Crippen LogP contribution in [0, 0.1) is 0 Å². The van der Waals surface area contributed by atoms with Crippen LogP contribution in [0.1, 0.15) is 37.3 Å². The number of nitrogens with one attached hydrogen (secondary N) is 2. The quantitative estimate of drug-likeness (QED) is 0.0797. The predicted molar refractivity (Wildman–Crippen MR) is 279 cm³/mol. The second kappa shape index (κ2) is 21.1. The molecule has 11 rings (SSSR count). The molecule has 4 N–H and O–H groups in total. The lowest BCUT2D eigenvalue weighted by Gasteiger charge is -2.38. The molecule has 0 spiro atoms. The van der Waals surface area contributed by atoms with Crippen LogP contribution in [0.15, 0.2) is 97.3 Å². The summed E-state index contributed by atoms with van der Waals surface area (Å²) in [6.45, 7) is 2.76. The van der Waals surface area contributed by atoms with E-state index in [1.54, 1.807) is 31.2 Å². The Labute approximate surface area is 456 Å². The molecule has 5 aliphatic rings. The van der Waals surface area contributed by atoms with Crippen molar-refractivity contribution in [3.8, 4) is 34.3 Å². The van der Waals surface area contributed by atoms with E-state index in [4.69, 9.17) is 52.2 Å². The third-order valence-corrected chi connectivity index (χ3v) is 14.8. The van der Waals surface area contributed by atoms with E-state index in [0.717, 1.165) is 24.3 Å². The van der Waals surface area contributed by atoms with Gasteiger partial charge in [-0.25, -0.2) is 29.5 Å². The van der Waals surface area contributed by atoms with Crippen molar-refractivity contribution < 1.29 is 65.1 Å². The van der Waals surface area contributed by atoms with Crippen molar-refractivity contribution in [2.45, 2.75) is 74.7 Å². The third kappa shape index (κ3) is 11.1. The number of nitrogens with zero attached hydrogens (tertiary/aromatic N) is 8. The molecule has 3 saturated heterocycles. The number of benzene rings is 2. The minimum absolute atomic E-state index is 0.0380. The Morgan fingerprint density at radius 1 is 0.785 bits per heavy atom. The number of carbonyl (C=O) groups excluding carboxylic acids is 2. The summed E-state index contributed by atoms with van der Waals surface area (Å²) < 4.78 is 107. The van der Waals surface area contributed by atoms with Gasteiger partial charge in [-0.2, -0.15) is 26.3 Å². The molecule has 18 nitrogen and oxygen atoms in total. The summed E-state index contributed by atoms with van der Waals surface area (Å²) in [6, 6.07) is 16.5. The molecule has 26 heteroatoms. The van der Waals surface area contributed by atoms with E-state index in [9.17, 15) is 41.0 Å². The van der Waals surface area contributed by atoms with E-state index in [1.807, 2.05) is 9.80 Å². The SMILES string of the molecule is CC1(CC2C[C@H]3CN2c2cc(Cl)c(-c4cccc(C(F)(F)F)c4)nc2N3C(=O)Nc2ccc(OC[C@@H](O)CO)nc2)OC[C@@H](COc2ccc(NC(=O)N3c4nc(-c5cccc(C(F)(F)F)c5)c(Cl)cc4N4CC[C@H]3C4)cn2)O1. The molecule has 2 aromatic carbocycles. The number of fused-ring (bicyclic) bond motifs is 8. The maximum absolute atomic E-state index is 14.3. The Morgan fingerprint density at radius 2 is 1.35 bits per heavy atom. The van der Waals surface area contributed by atoms with Crippen molar-refractivity contribution >= 4 is 69.6 Å². The zero-order valence-corrected chi connectivity index (χ0v) is 43.2. The molecule has 4 amide bonds. The number of anilines is 6. The van der Waals surface area contributed by atoms with Crippen molar-refractivity contribution in [1.82, 2.24) is 19.9 Å². The Morgan fingerprint density at radius 3 is 1.92 bits per heavy atom. The zero-order chi connectivity index (χ0) is 55.5. The molecule has 4 aromatic heterocycles. The van der Waals surface area contributed by atoms with E-state index >= 15 is 0 Å². The molecule has 0 saturated carbocycles. The number of urea groups is 2. The number of aromatic nitrogens is 4. The van der Waals surface area contributed by atoms with Gasteiger partial charge in [0.2, 0.25) is 11.8 Å². The van der Waals surface area contributed by atoms with Crippen LogP contribution in [0.4, 0.5) is 70.3 Å². The minimum atomic E-state index is -4.64. The number of ether oxygens (including phenoxy) is 4. The van der Waals surface area contributed by atoms with Crippen molar-refractivity contribution in [3.05, 3.63) is 118 Å². The molecule has 3 fully saturated rings. The van der Waals surface area contributed by atoms with Gasteiger partial charge in [0.25, 0.3) is 0 Å². The number of pyridine rings is 4. The second-order valence-electron chi connectivity index (χ2n) is 19.8. The van der Waals surface area contributed by atoms with Crippen molar-refractivity contribution in [1.29, 1.82) is 0 Å². The molecule has 2 unspecified atom stereocenters. The maximum atomic E-state index is 14.3. The number of aliphatic hydroxyl groups is 2. The van der Waals surface area contributed by atoms with Gasteiger partial charge in [-0.05, 0) is 68.3 Å². The van der Waals surface area contributed by atoms with Gasteiger partial charge in [-0.1, -0.05) is 47.5 Å². The molecule has 0 aliphatic carbocycles. The minimum Gasteiger partial charge on any atom is -0.475 e. The highest BCUT2D eigenvalue weighted by molar-refractivity contribution is 6.34. The number of amides is 4. The van der Waals surface area contributed by atoms with Crippen LogP contribution in [-0.2, 0) is 21.8 Å². The number of carbonyl (C=O) groups is 2. The molecule has 79 heavy (non-hydrogen) atoms. The summed E-state index contributed by atoms with van der Waals surface area (Å²) >= 11 is 13.5. The van der Waals surface area contributed by atoms with Gasteiger partial charge in [-0.15, -0.1) is 0 Å². The molecule has 414 valence electrons. The lowest BCUT2D eigenvalue weighted by molar-refractivity contribution is -0.163. The summed E-state index contributed by atoms with van der Waals surface area (Å²) in [5.74, 6) is -0.350. The van der Waals surface area contributed by atoms with Gasteiger partial charge in [0.05, 0.1) is 93.0 Å². The lowest BCUT2D eigenvalue weighted by atomic mass is 10.0. The average Bonchev–Trinajstić information content (AvgIpc) is 4.37. The highest BCUT2D eigenvalue weighted by atomic mass is 35.5. The molecular formula is C53H48Cl2F6N10O8. The fraction of sp³-hybridized carbons (Fsp3) is 0.358. The summed E-state index contributed by atoms with van der Waals surface area (Å²) in [5, 5.41) is 24.7. The van der Waals surface area contributed by atoms with Crippen LogP contribution < -0.4 is 39.7 Å². The van der Waals surface area contributed by atoms with Crippen molar-refractivity contribution in [3.63, 3.8) is 0 Å². The number of aliphatic hydroxyl groups excluding tert-OH is 2. The van der Waals surface area contributed by atoms with E-state index in [2.05, 4.69) is 25.6 Å². The number of rotatable bonds is 13. The first-order chi connectivity index (χ1) is 37.7. The first-order valence-corrected chi connectivity index (χ1v) is 25.7. The van der Waals surface area contributed by atoms with Gasteiger partial charge >= 0.3 is 24.4 Å². The third-order valence-electron chi connectivity index (χ3n) is 14.3. The van der Waals surface area contributed by atoms with Gasteiger partial charge in [-0.3, -0.25) is 9.80 Å². The highest BCUT2D eigenvalue weighted by Crippen LogP contribution is 2.49. The smallest absolute Gasteiger partial charge is 0.416 e. The van der Waals surface area contributed by atoms with Crippen molar-refractivity contribution in [2.24, 2.45) is 0 Å². The summed E-state index contributed by atoms with van der Waals surface area (Å²) in [5.41, 5.74) is 0.298. The van der Waals surface area contributed by atoms with Crippen LogP contribution in [0.25, 0.3) is 22.5 Å². The number of halogens is 8. The molecule has 0 radical (unpaired) electrons. The van der Waals surface area contributed by atoms with Gasteiger partial charge in [0.1, 0.15) is 25.4 Å². The summed E-state index contributed by atoms with van der Waals surface area (Å²) in [6.07, 6.45) is -6.77. The summed E-state index contributed by atoms with van der Waals surface area (Å²) in [4.78, 5) is 53.4. The van der Waals surface area contributed by atoms with E-state index in [-0.39, 0.29) is 93.5 Å². The topological polar surface area (TPSA) is 200 Å². The molecule has 6 aromatic rings. The van der Waals surface area contributed by atoms with Crippen LogP contribution in [-0.4, -0.2) is 124 Å². The highest BCUT2D eigenvalue weighted by Gasteiger charge is 2.50. The van der Waals surface area contributed by atoms with Gasteiger partial charge < -0.3 is 49.6 Å². The van der Waals surface area contributed by atoms with E-state index < -0.39 is 66.2 Å². The first kappa shape index (κ1) is 53.8. The van der Waals surface area contributed by atoms with E-state index in [0.29, 0.717) is 56.0 Å². The van der Waals surface area contributed by atoms with Crippen LogP contribution >= 0.6 is 23.2 Å². The van der Waals surface area contributed by atoms with Gasteiger partial charge in [0, 0.05) is 55.4 Å². The van der Waals surface area contributed by atoms with Gasteiger partial charge in [0.15, 0.2) is 17.4 Å². The molecule has 5 aliphatic heterocycles. The first-order valence-electron chi connectivity index (χ1n) is 25.0. The van der Waals surface area contributed by atoms with Crippen LogP contribution in [0.5, 0.6) is 11.8 Å². The largest absolute Gasteiger partial charge is 0.475 e. The number of hydrogen-bond donors (Lipinski definition) is 4. The molecular weight excluding hydrogens is 1090 g/mol.